The van der Waals surface area contributed by atoms with Crippen LogP contribution in [0.1, 0.15) is 29.5 Å². The van der Waals surface area contributed by atoms with Crippen molar-refractivity contribution in [1.29, 1.82) is 0 Å². The summed E-state index contributed by atoms with van der Waals surface area (Å²) in [4.78, 5) is 0. The van der Waals surface area contributed by atoms with E-state index in [-0.39, 0.29) is 6.10 Å². The fourth-order valence-corrected chi connectivity index (χ4v) is 4.19. The Morgan fingerprint density at radius 1 is 0.800 bits per heavy atom. The van der Waals surface area contributed by atoms with Gasteiger partial charge in [0.15, 0.2) is 6.29 Å². The standard InChI is InChI=1S/C26H28O4/c1-28-25-18-23(27)17-24(30-25)19-29-26(20-11-5-2-6-12-20,21-13-7-3-8-14-21)22-15-9-4-10-16-22/h2-16,23-25,27H,17-19H2,1H3. The topological polar surface area (TPSA) is 47.9 Å². The normalized spacial score (nSPS) is 22.0. The van der Waals surface area contributed by atoms with Crippen molar-refractivity contribution in [2.75, 3.05) is 13.7 Å². The van der Waals surface area contributed by atoms with Crippen molar-refractivity contribution in [2.45, 2.75) is 36.9 Å². The number of aliphatic hydroxyl groups excluding tert-OH is 1. The van der Waals surface area contributed by atoms with Crippen molar-refractivity contribution >= 4 is 0 Å². The molecule has 1 fully saturated rings. The van der Waals surface area contributed by atoms with Gasteiger partial charge in [0, 0.05) is 20.0 Å². The van der Waals surface area contributed by atoms with Crippen LogP contribution in [0, 0.1) is 0 Å². The third-order valence-electron chi connectivity index (χ3n) is 5.63. The van der Waals surface area contributed by atoms with Crippen LogP contribution in [0.15, 0.2) is 91.0 Å². The summed E-state index contributed by atoms with van der Waals surface area (Å²) >= 11 is 0. The van der Waals surface area contributed by atoms with Crippen molar-refractivity contribution < 1.29 is 19.3 Å². The molecule has 1 heterocycles. The molecule has 0 saturated carbocycles. The Kier molecular flexibility index (Phi) is 6.60. The third kappa shape index (κ3) is 4.32. The Balaban J connectivity index is 1.75. The number of hydrogen-bond acceptors (Lipinski definition) is 4. The molecule has 4 rings (SSSR count). The largest absolute Gasteiger partial charge is 0.393 e. The van der Waals surface area contributed by atoms with Crippen LogP contribution in [0.25, 0.3) is 0 Å². The molecule has 0 bridgehead atoms. The number of benzene rings is 3. The van der Waals surface area contributed by atoms with Crippen LogP contribution in [0.4, 0.5) is 0 Å². The lowest BCUT2D eigenvalue weighted by Gasteiger charge is -2.39. The van der Waals surface area contributed by atoms with Crippen molar-refractivity contribution in [3.63, 3.8) is 0 Å². The van der Waals surface area contributed by atoms with Gasteiger partial charge in [-0.15, -0.1) is 0 Å². The molecule has 0 aromatic heterocycles. The molecular weight excluding hydrogens is 376 g/mol. The third-order valence-corrected chi connectivity index (χ3v) is 5.63. The van der Waals surface area contributed by atoms with E-state index in [9.17, 15) is 5.11 Å². The summed E-state index contributed by atoms with van der Waals surface area (Å²) in [5, 5.41) is 10.2. The molecule has 1 aliphatic heterocycles. The average Bonchev–Trinajstić information content (AvgIpc) is 2.81. The van der Waals surface area contributed by atoms with Crippen molar-refractivity contribution in [2.24, 2.45) is 0 Å². The minimum Gasteiger partial charge on any atom is -0.393 e. The van der Waals surface area contributed by atoms with Gasteiger partial charge in [-0.1, -0.05) is 91.0 Å². The van der Waals surface area contributed by atoms with E-state index in [1.165, 1.54) is 0 Å². The molecule has 0 spiro atoms. The van der Waals surface area contributed by atoms with Gasteiger partial charge in [-0.25, -0.2) is 0 Å². The van der Waals surface area contributed by atoms with Crippen LogP contribution in [-0.4, -0.2) is 37.3 Å². The Labute approximate surface area is 178 Å². The Morgan fingerprint density at radius 2 is 1.27 bits per heavy atom. The lowest BCUT2D eigenvalue weighted by atomic mass is 9.80. The van der Waals surface area contributed by atoms with Crippen molar-refractivity contribution in [3.8, 4) is 0 Å². The minimum absolute atomic E-state index is 0.255. The zero-order valence-electron chi connectivity index (χ0n) is 17.2. The van der Waals surface area contributed by atoms with Crippen molar-refractivity contribution in [3.05, 3.63) is 108 Å². The maximum absolute atomic E-state index is 10.2. The molecule has 0 amide bonds. The zero-order chi connectivity index (χ0) is 20.8. The van der Waals surface area contributed by atoms with E-state index >= 15 is 0 Å². The fourth-order valence-electron chi connectivity index (χ4n) is 4.19. The molecule has 1 aliphatic rings. The summed E-state index contributed by atoms with van der Waals surface area (Å²) in [6, 6.07) is 30.7. The van der Waals surface area contributed by atoms with Crippen LogP contribution in [0.3, 0.4) is 0 Å². The highest BCUT2D eigenvalue weighted by Gasteiger charge is 2.39. The first-order valence-corrected chi connectivity index (χ1v) is 10.4. The van der Waals surface area contributed by atoms with E-state index < -0.39 is 18.0 Å². The Bertz CT molecular complexity index is 801. The smallest absolute Gasteiger partial charge is 0.160 e. The highest BCUT2D eigenvalue weighted by molar-refractivity contribution is 5.47. The van der Waals surface area contributed by atoms with E-state index in [1.54, 1.807) is 7.11 Å². The summed E-state index contributed by atoms with van der Waals surface area (Å²) in [6.07, 6.45) is -0.129. The van der Waals surface area contributed by atoms with Gasteiger partial charge < -0.3 is 19.3 Å². The van der Waals surface area contributed by atoms with Gasteiger partial charge >= 0.3 is 0 Å². The zero-order valence-corrected chi connectivity index (χ0v) is 17.2. The maximum atomic E-state index is 10.2. The van der Waals surface area contributed by atoms with Crippen LogP contribution in [0.5, 0.6) is 0 Å². The monoisotopic (exact) mass is 404 g/mol. The van der Waals surface area contributed by atoms with E-state index in [0.29, 0.717) is 19.4 Å². The molecule has 30 heavy (non-hydrogen) atoms. The summed E-state index contributed by atoms with van der Waals surface area (Å²) < 4.78 is 18.1. The molecular formula is C26H28O4. The molecule has 3 atom stereocenters. The van der Waals surface area contributed by atoms with Gasteiger partial charge in [0.1, 0.15) is 5.60 Å². The quantitative estimate of drug-likeness (QED) is 0.589. The lowest BCUT2D eigenvalue weighted by molar-refractivity contribution is -0.219. The van der Waals surface area contributed by atoms with Crippen LogP contribution in [-0.2, 0) is 19.8 Å². The summed E-state index contributed by atoms with van der Waals surface area (Å²) in [5.41, 5.74) is 2.34. The molecule has 4 nitrogen and oxygen atoms in total. The second-order valence-electron chi connectivity index (χ2n) is 7.64. The SMILES string of the molecule is COC1CC(O)CC(COC(c2ccccc2)(c2ccccc2)c2ccccc2)O1. The predicted molar refractivity (Wildman–Crippen MR) is 116 cm³/mol. The van der Waals surface area contributed by atoms with Gasteiger partial charge in [-0.3, -0.25) is 0 Å². The van der Waals surface area contributed by atoms with Crippen molar-refractivity contribution in [1.82, 2.24) is 0 Å². The highest BCUT2D eigenvalue weighted by Crippen LogP contribution is 2.41. The van der Waals surface area contributed by atoms with E-state index in [4.69, 9.17) is 14.2 Å². The molecule has 3 aromatic rings. The summed E-state index contributed by atoms with van der Waals surface area (Å²) in [7, 11) is 1.60. The predicted octanol–water partition coefficient (Wildman–Crippen LogP) is 4.51. The van der Waals surface area contributed by atoms with Gasteiger partial charge in [0.05, 0.1) is 18.8 Å². The number of hydrogen-bond donors (Lipinski definition) is 1. The molecule has 3 aromatic carbocycles. The van der Waals surface area contributed by atoms with Gasteiger partial charge in [0.25, 0.3) is 0 Å². The first kappa shape index (κ1) is 20.8. The number of rotatable bonds is 7. The van der Waals surface area contributed by atoms with Gasteiger partial charge in [-0.05, 0) is 16.7 Å². The molecule has 4 heteroatoms. The molecule has 156 valence electrons. The lowest BCUT2D eigenvalue weighted by Crippen LogP contribution is -2.42. The molecule has 3 unspecified atom stereocenters. The first-order valence-electron chi connectivity index (χ1n) is 10.4. The molecule has 0 aliphatic carbocycles. The maximum Gasteiger partial charge on any atom is 0.160 e. The van der Waals surface area contributed by atoms with E-state index in [1.807, 2.05) is 54.6 Å². The van der Waals surface area contributed by atoms with E-state index in [0.717, 1.165) is 16.7 Å². The summed E-state index contributed by atoms with van der Waals surface area (Å²) in [6.45, 7) is 0.329. The molecule has 1 saturated heterocycles. The van der Waals surface area contributed by atoms with Gasteiger partial charge in [0.2, 0.25) is 0 Å². The second-order valence-corrected chi connectivity index (χ2v) is 7.64. The summed E-state index contributed by atoms with van der Waals surface area (Å²) in [5.74, 6) is 0. The van der Waals surface area contributed by atoms with Crippen LogP contribution >= 0.6 is 0 Å². The first-order chi connectivity index (χ1) is 14.7. The second kappa shape index (κ2) is 9.54. The van der Waals surface area contributed by atoms with Crippen LogP contribution in [0.2, 0.25) is 0 Å². The average molecular weight is 405 g/mol. The fraction of sp³-hybridized carbons (Fsp3) is 0.308. The number of methoxy groups -OCH3 is 1. The Hall–Kier alpha value is -2.50. The number of aliphatic hydroxyl groups is 1. The van der Waals surface area contributed by atoms with Crippen LogP contribution < -0.4 is 0 Å². The molecule has 1 N–H and O–H groups in total. The Morgan fingerprint density at radius 3 is 1.70 bits per heavy atom. The molecule has 0 radical (unpaired) electrons. The highest BCUT2D eigenvalue weighted by atomic mass is 16.7. The minimum atomic E-state index is -0.794. The van der Waals surface area contributed by atoms with E-state index in [2.05, 4.69) is 36.4 Å². The van der Waals surface area contributed by atoms with Gasteiger partial charge in [-0.2, -0.15) is 0 Å². The number of ether oxygens (including phenoxy) is 3.